The molecule has 0 unspecified atom stereocenters. The minimum absolute atomic E-state index is 0.114. The number of benzene rings is 2. The summed E-state index contributed by atoms with van der Waals surface area (Å²) >= 11 is 0. The fourth-order valence-corrected chi connectivity index (χ4v) is 3.31. The predicted octanol–water partition coefficient (Wildman–Crippen LogP) is 4.33. The zero-order valence-corrected chi connectivity index (χ0v) is 13.4. The summed E-state index contributed by atoms with van der Waals surface area (Å²) in [6.07, 6.45) is 4.67. The number of nitrogens with zero attached hydrogens (tertiary/aromatic N) is 1. The summed E-state index contributed by atoms with van der Waals surface area (Å²) in [6, 6.07) is 16.0. The second-order valence-electron chi connectivity index (χ2n) is 5.14. The predicted molar refractivity (Wildman–Crippen MR) is 92.3 cm³/mol. The van der Waals surface area contributed by atoms with E-state index in [1.165, 1.54) is 24.3 Å². The third kappa shape index (κ3) is 3.58. The highest BCUT2D eigenvalue weighted by atomic mass is 32.2. The van der Waals surface area contributed by atoms with Crippen LogP contribution in [-0.2, 0) is 9.84 Å². The van der Waals surface area contributed by atoms with E-state index in [0.29, 0.717) is 16.7 Å². The van der Waals surface area contributed by atoms with Crippen LogP contribution in [0.4, 0.5) is 4.39 Å². The highest BCUT2D eigenvalue weighted by molar-refractivity contribution is 7.94. The highest BCUT2D eigenvalue weighted by Crippen LogP contribution is 2.25. The molecule has 3 aromatic rings. The normalized spacial score (nSPS) is 11.7. The van der Waals surface area contributed by atoms with Gasteiger partial charge in [-0.25, -0.2) is 12.8 Å². The Balaban J connectivity index is 1.96. The van der Waals surface area contributed by atoms with Crippen molar-refractivity contribution in [3.8, 4) is 11.1 Å². The Morgan fingerprint density at radius 1 is 0.958 bits per heavy atom. The molecule has 1 heterocycles. The first-order valence-corrected chi connectivity index (χ1v) is 8.79. The van der Waals surface area contributed by atoms with Gasteiger partial charge < -0.3 is 0 Å². The van der Waals surface area contributed by atoms with E-state index in [1.807, 2.05) is 0 Å². The SMILES string of the molecule is O=S(=O)(/C=C/c1cccnc1)c1cccc(-c2ccccc2F)c1. The van der Waals surface area contributed by atoms with Gasteiger partial charge >= 0.3 is 0 Å². The van der Waals surface area contributed by atoms with Gasteiger partial charge in [-0.15, -0.1) is 0 Å². The summed E-state index contributed by atoms with van der Waals surface area (Å²) in [5.74, 6) is -0.391. The highest BCUT2D eigenvalue weighted by Gasteiger charge is 2.12. The molecule has 3 rings (SSSR count). The number of hydrogen-bond acceptors (Lipinski definition) is 3. The zero-order valence-electron chi connectivity index (χ0n) is 12.6. The van der Waals surface area contributed by atoms with E-state index in [0.717, 1.165) is 5.41 Å². The van der Waals surface area contributed by atoms with Crippen LogP contribution in [0.15, 0.2) is 83.4 Å². The summed E-state index contributed by atoms with van der Waals surface area (Å²) in [4.78, 5) is 4.05. The summed E-state index contributed by atoms with van der Waals surface area (Å²) in [7, 11) is -3.63. The molecule has 0 N–H and O–H groups in total. The quantitative estimate of drug-likeness (QED) is 0.711. The molecule has 0 aliphatic rings. The van der Waals surface area contributed by atoms with E-state index >= 15 is 0 Å². The van der Waals surface area contributed by atoms with Gasteiger partial charge in [0.05, 0.1) is 4.90 Å². The van der Waals surface area contributed by atoms with Gasteiger partial charge in [0.15, 0.2) is 9.84 Å². The fourth-order valence-electron chi connectivity index (χ4n) is 2.26. The standard InChI is InChI=1S/C19H14FNO2S/c20-19-9-2-1-8-18(19)16-6-3-7-17(13-16)24(22,23)12-10-15-5-4-11-21-14-15/h1-14H/b12-10+. The molecule has 0 amide bonds. The number of rotatable bonds is 4. The lowest BCUT2D eigenvalue weighted by atomic mass is 10.1. The lowest BCUT2D eigenvalue weighted by molar-refractivity contribution is 0.604. The molecule has 0 saturated heterocycles. The van der Waals surface area contributed by atoms with Crippen molar-refractivity contribution in [3.05, 3.63) is 89.8 Å². The van der Waals surface area contributed by atoms with Crippen LogP contribution in [0.3, 0.4) is 0 Å². The zero-order chi connectivity index (χ0) is 17.0. The van der Waals surface area contributed by atoms with Crippen molar-refractivity contribution < 1.29 is 12.8 Å². The van der Waals surface area contributed by atoms with Crippen LogP contribution in [0.5, 0.6) is 0 Å². The Morgan fingerprint density at radius 3 is 2.54 bits per heavy atom. The van der Waals surface area contributed by atoms with Crippen LogP contribution < -0.4 is 0 Å². The average Bonchev–Trinajstić information content (AvgIpc) is 2.61. The largest absolute Gasteiger partial charge is 0.264 e. The molecule has 2 aromatic carbocycles. The lowest BCUT2D eigenvalue weighted by Crippen LogP contribution is -1.97. The molecule has 0 fully saturated rings. The summed E-state index contributed by atoms with van der Waals surface area (Å²) in [5.41, 5.74) is 1.57. The van der Waals surface area contributed by atoms with Gasteiger partial charge in [-0.3, -0.25) is 4.98 Å². The van der Waals surface area contributed by atoms with Gasteiger partial charge in [0.25, 0.3) is 0 Å². The molecule has 0 saturated carbocycles. The number of sulfone groups is 1. The van der Waals surface area contributed by atoms with Crippen LogP contribution in [0.1, 0.15) is 5.56 Å². The van der Waals surface area contributed by atoms with E-state index in [4.69, 9.17) is 0 Å². The van der Waals surface area contributed by atoms with Gasteiger partial charge in [0.2, 0.25) is 0 Å². The molecule has 0 atom stereocenters. The van der Waals surface area contributed by atoms with Gasteiger partial charge in [-0.2, -0.15) is 0 Å². The molecule has 1 aromatic heterocycles. The summed E-state index contributed by atoms with van der Waals surface area (Å²) in [5, 5.41) is 1.13. The number of halogens is 1. The summed E-state index contributed by atoms with van der Waals surface area (Å²) in [6.45, 7) is 0. The maximum Gasteiger partial charge on any atom is 0.199 e. The lowest BCUT2D eigenvalue weighted by Gasteiger charge is -2.06. The van der Waals surface area contributed by atoms with Crippen LogP contribution in [0.2, 0.25) is 0 Å². The molecule has 3 nitrogen and oxygen atoms in total. The Labute approximate surface area is 140 Å². The third-order valence-electron chi connectivity index (χ3n) is 3.47. The van der Waals surface area contributed by atoms with Crippen molar-refractivity contribution >= 4 is 15.9 Å². The van der Waals surface area contributed by atoms with Crippen molar-refractivity contribution in [3.63, 3.8) is 0 Å². The van der Waals surface area contributed by atoms with E-state index < -0.39 is 15.7 Å². The van der Waals surface area contributed by atoms with Crippen molar-refractivity contribution in [1.29, 1.82) is 0 Å². The molecule has 120 valence electrons. The molecular weight excluding hydrogens is 325 g/mol. The number of hydrogen-bond donors (Lipinski definition) is 0. The van der Waals surface area contributed by atoms with Gasteiger partial charge in [-0.1, -0.05) is 36.4 Å². The molecule has 0 radical (unpaired) electrons. The molecule has 0 aliphatic heterocycles. The van der Waals surface area contributed by atoms with Crippen LogP contribution in [0.25, 0.3) is 17.2 Å². The van der Waals surface area contributed by atoms with Gasteiger partial charge in [-0.05, 0) is 41.5 Å². The van der Waals surface area contributed by atoms with Crippen molar-refractivity contribution in [2.45, 2.75) is 4.90 Å². The van der Waals surface area contributed by atoms with Crippen molar-refractivity contribution in [1.82, 2.24) is 4.98 Å². The van der Waals surface area contributed by atoms with Crippen LogP contribution >= 0.6 is 0 Å². The monoisotopic (exact) mass is 339 g/mol. The Morgan fingerprint density at radius 2 is 1.79 bits per heavy atom. The second kappa shape index (κ2) is 6.76. The Bertz CT molecular complexity index is 983. The molecule has 0 bridgehead atoms. The van der Waals surface area contributed by atoms with Gasteiger partial charge in [0, 0.05) is 23.4 Å². The minimum atomic E-state index is -3.63. The van der Waals surface area contributed by atoms with Gasteiger partial charge in [0.1, 0.15) is 5.82 Å². The van der Waals surface area contributed by atoms with E-state index in [2.05, 4.69) is 4.98 Å². The first-order valence-electron chi connectivity index (χ1n) is 7.24. The topological polar surface area (TPSA) is 47.0 Å². The number of pyridine rings is 1. The van der Waals surface area contributed by atoms with Crippen LogP contribution in [-0.4, -0.2) is 13.4 Å². The Kier molecular flexibility index (Phi) is 4.53. The molecule has 5 heteroatoms. The first kappa shape index (κ1) is 16.1. The first-order chi connectivity index (χ1) is 11.6. The summed E-state index contributed by atoms with van der Waals surface area (Å²) < 4.78 is 38.8. The van der Waals surface area contributed by atoms with Crippen LogP contribution in [0, 0.1) is 5.82 Å². The van der Waals surface area contributed by atoms with E-state index in [1.54, 1.807) is 54.9 Å². The average molecular weight is 339 g/mol. The van der Waals surface area contributed by atoms with Crippen molar-refractivity contribution in [2.24, 2.45) is 0 Å². The fraction of sp³-hybridized carbons (Fsp3) is 0. The number of aromatic nitrogens is 1. The molecule has 0 spiro atoms. The molecule has 0 aliphatic carbocycles. The maximum atomic E-state index is 13.9. The third-order valence-corrected chi connectivity index (χ3v) is 4.88. The Hall–Kier alpha value is -2.79. The smallest absolute Gasteiger partial charge is 0.199 e. The van der Waals surface area contributed by atoms with E-state index in [-0.39, 0.29) is 4.90 Å². The second-order valence-corrected chi connectivity index (χ2v) is 6.98. The molecule has 24 heavy (non-hydrogen) atoms. The van der Waals surface area contributed by atoms with E-state index in [9.17, 15) is 12.8 Å². The molecular formula is C19H14FNO2S. The minimum Gasteiger partial charge on any atom is -0.264 e. The maximum absolute atomic E-state index is 13.9. The van der Waals surface area contributed by atoms with Crippen molar-refractivity contribution in [2.75, 3.05) is 0 Å².